The molecule has 2 unspecified atom stereocenters. The Kier molecular flexibility index (Phi) is 3.07. The molecule has 1 aliphatic carbocycles. The molecule has 3 heteroatoms. The van der Waals surface area contributed by atoms with Gasteiger partial charge in [0.2, 0.25) is 0 Å². The number of esters is 1. The summed E-state index contributed by atoms with van der Waals surface area (Å²) < 4.78 is 4.61. The Labute approximate surface area is 78.5 Å². The van der Waals surface area contributed by atoms with Gasteiger partial charge >= 0.3 is 5.97 Å². The van der Waals surface area contributed by atoms with Gasteiger partial charge in [0.25, 0.3) is 0 Å². The molecule has 0 aromatic carbocycles. The van der Waals surface area contributed by atoms with E-state index >= 15 is 0 Å². The number of carbonyl (C=O) groups excluding carboxylic acids is 2. The van der Waals surface area contributed by atoms with Gasteiger partial charge < -0.3 is 9.53 Å². The minimum absolute atomic E-state index is 0.165. The van der Waals surface area contributed by atoms with Crippen molar-refractivity contribution in [2.45, 2.75) is 32.6 Å². The molecule has 0 aromatic rings. The summed E-state index contributed by atoms with van der Waals surface area (Å²) in [5.74, 6) is -0.398. The van der Waals surface area contributed by atoms with E-state index in [2.05, 4.69) is 11.7 Å². The lowest BCUT2D eigenvalue weighted by Gasteiger charge is -2.07. The molecule has 0 bridgehead atoms. The topological polar surface area (TPSA) is 43.4 Å². The zero-order valence-corrected chi connectivity index (χ0v) is 8.21. The van der Waals surface area contributed by atoms with E-state index in [1.807, 2.05) is 0 Å². The highest BCUT2D eigenvalue weighted by molar-refractivity contribution is 5.84. The van der Waals surface area contributed by atoms with Crippen LogP contribution in [0, 0.1) is 11.3 Å². The number of hydrogen-bond donors (Lipinski definition) is 0. The summed E-state index contributed by atoms with van der Waals surface area (Å²) in [6.07, 6.45) is 4.51. The fourth-order valence-corrected chi connectivity index (χ4v) is 1.75. The average Bonchev–Trinajstić information content (AvgIpc) is 2.89. The Morgan fingerprint density at radius 2 is 2.38 bits per heavy atom. The molecule has 2 atom stereocenters. The smallest absolute Gasteiger partial charge is 0.309 e. The van der Waals surface area contributed by atoms with Gasteiger partial charge in [0.05, 0.1) is 13.0 Å². The predicted molar refractivity (Wildman–Crippen MR) is 48.1 cm³/mol. The first-order valence-corrected chi connectivity index (χ1v) is 4.74. The minimum Gasteiger partial charge on any atom is -0.469 e. The van der Waals surface area contributed by atoms with E-state index in [-0.39, 0.29) is 17.3 Å². The number of methoxy groups -OCH3 is 1. The Balaban J connectivity index is 2.48. The third-order valence-corrected chi connectivity index (χ3v) is 2.83. The first-order chi connectivity index (χ1) is 6.20. The van der Waals surface area contributed by atoms with Crippen LogP contribution < -0.4 is 0 Å². The lowest BCUT2D eigenvalue weighted by atomic mass is 9.98. The number of ether oxygens (including phenoxy) is 1. The first kappa shape index (κ1) is 10.2. The molecule has 1 fully saturated rings. The van der Waals surface area contributed by atoms with Crippen LogP contribution in [0.4, 0.5) is 0 Å². The van der Waals surface area contributed by atoms with Crippen molar-refractivity contribution in [2.24, 2.45) is 11.3 Å². The van der Waals surface area contributed by atoms with Gasteiger partial charge in [-0.1, -0.05) is 19.8 Å². The van der Waals surface area contributed by atoms with Gasteiger partial charge in [-0.2, -0.15) is 0 Å². The van der Waals surface area contributed by atoms with Crippen LogP contribution in [0.2, 0.25) is 0 Å². The summed E-state index contributed by atoms with van der Waals surface area (Å²) >= 11 is 0. The molecule has 0 N–H and O–H groups in total. The highest BCUT2D eigenvalue weighted by Gasteiger charge is 2.58. The van der Waals surface area contributed by atoms with Crippen molar-refractivity contribution in [3.05, 3.63) is 0 Å². The van der Waals surface area contributed by atoms with Gasteiger partial charge in [-0.3, -0.25) is 4.79 Å². The molecule has 3 nitrogen and oxygen atoms in total. The Bertz CT molecular complexity index is 212. The van der Waals surface area contributed by atoms with Crippen LogP contribution in [-0.4, -0.2) is 19.4 Å². The van der Waals surface area contributed by atoms with Gasteiger partial charge in [-0.25, -0.2) is 0 Å². The fourth-order valence-electron chi connectivity index (χ4n) is 1.75. The van der Waals surface area contributed by atoms with Gasteiger partial charge in [-0.15, -0.1) is 0 Å². The minimum atomic E-state index is -0.372. The van der Waals surface area contributed by atoms with Crippen molar-refractivity contribution in [3.8, 4) is 0 Å². The average molecular weight is 184 g/mol. The van der Waals surface area contributed by atoms with Crippen LogP contribution in [0.1, 0.15) is 32.6 Å². The first-order valence-electron chi connectivity index (χ1n) is 4.74. The number of rotatable bonds is 5. The quantitative estimate of drug-likeness (QED) is 0.481. The van der Waals surface area contributed by atoms with Gasteiger partial charge in [0.15, 0.2) is 0 Å². The second kappa shape index (κ2) is 3.90. The molecule has 1 aliphatic rings. The maximum absolute atomic E-state index is 11.1. The van der Waals surface area contributed by atoms with Crippen LogP contribution in [-0.2, 0) is 14.3 Å². The monoisotopic (exact) mass is 184 g/mol. The third kappa shape index (κ3) is 1.90. The summed E-state index contributed by atoms with van der Waals surface area (Å²) in [5, 5.41) is 0. The van der Waals surface area contributed by atoms with E-state index < -0.39 is 0 Å². The summed E-state index contributed by atoms with van der Waals surface area (Å²) in [5.41, 5.74) is -0.372. The molecule has 74 valence electrons. The molecule has 0 heterocycles. The summed E-state index contributed by atoms with van der Waals surface area (Å²) in [7, 11) is 1.37. The number of unbranched alkanes of at least 4 members (excludes halogenated alkanes) is 1. The second-order valence-electron chi connectivity index (χ2n) is 3.73. The normalized spacial score (nSPS) is 31.1. The highest BCUT2D eigenvalue weighted by atomic mass is 16.5. The van der Waals surface area contributed by atoms with Gasteiger partial charge in [0.1, 0.15) is 6.29 Å². The van der Waals surface area contributed by atoms with Crippen LogP contribution in [0.3, 0.4) is 0 Å². The lowest BCUT2D eigenvalue weighted by Crippen LogP contribution is -2.13. The molecule has 0 spiro atoms. The molecular formula is C10H16O3. The Morgan fingerprint density at radius 3 is 2.85 bits per heavy atom. The Morgan fingerprint density at radius 1 is 1.69 bits per heavy atom. The fraction of sp³-hybridized carbons (Fsp3) is 0.800. The van der Waals surface area contributed by atoms with E-state index in [4.69, 9.17) is 0 Å². The predicted octanol–water partition coefficient (Wildman–Crippen LogP) is 1.55. The molecule has 13 heavy (non-hydrogen) atoms. The maximum Gasteiger partial charge on any atom is 0.309 e. The molecule has 0 aromatic heterocycles. The molecule has 0 saturated heterocycles. The van der Waals surface area contributed by atoms with E-state index in [0.717, 1.165) is 25.5 Å². The Hall–Kier alpha value is -0.860. The largest absolute Gasteiger partial charge is 0.469 e. The van der Waals surface area contributed by atoms with E-state index in [1.165, 1.54) is 7.11 Å². The summed E-state index contributed by atoms with van der Waals surface area (Å²) in [6, 6.07) is 0. The molecule has 1 rings (SSSR count). The van der Waals surface area contributed by atoms with E-state index in [0.29, 0.717) is 6.42 Å². The zero-order valence-electron chi connectivity index (χ0n) is 8.21. The number of aldehydes is 1. The van der Waals surface area contributed by atoms with Crippen molar-refractivity contribution >= 4 is 12.3 Å². The number of carbonyl (C=O) groups is 2. The van der Waals surface area contributed by atoms with Crippen molar-refractivity contribution < 1.29 is 14.3 Å². The summed E-state index contributed by atoms with van der Waals surface area (Å²) in [4.78, 5) is 21.9. The molecular weight excluding hydrogens is 168 g/mol. The molecule has 1 saturated carbocycles. The van der Waals surface area contributed by atoms with Crippen molar-refractivity contribution in [2.75, 3.05) is 7.11 Å². The van der Waals surface area contributed by atoms with E-state index in [1.54, 1.807) is 0 Å². The standard InChI is InChI=1S/C10H16O3/c1-3-4-5-10(7-11)6-8(10)9(12)13-2/h7-8H,3-6H2,1-2H3. The van der Waals surface area contributed by atoms with Crippen LogP contribution in [0.15, 0.2) is 0 Å². The highest BCUT2D eigenvalue weighted by Crippen LogP contribution is 2.54. The van der Waals surface area contributed by atoms with Crippen molar-refractivity contribution in [3.63, 3.8) is 0 Å². The van der Waals surface area contributed by atoms with Gasteiger partial charge in [-0.05, 0) is 12.8 Å². The van der Waals surface area contributed by atoms with Crippen LogP contribution >= 0.6 is 0 Å². The zero-order chi connectivity index (χ0) is 9.90. The SMILES string of the molecule is CCCCC1(C=O)CC1C(=O)OC. The van der Waals surface area contributed by atoms with Crippen LogP contribution in [0.5, 0.6) is 0 Å². The summed E-state index contributed by atoms with van der Waals surface area (Å²) in [6.45, 7) is 2.08. The second-order valence-corrected chi connectivity index (χ2v) is 3.73. The van der Waals surface area contributed by atoms with Gasteiger partial charge in [0, 0.05) is 5.41 Å². The van der Waals surface area contributed by atoms with Crippen molar-refractivity contribution in [1.82, 2.24) is 0 Å². The van der Waals surface area contributed by atoms with Crippen molar-refractivity contribution in [1.29, 1.82) is 0 Å². The maximum atomic E-state index is 11.1. The lowest BCUT2D eigenvalue weighted by molar-refractivity contribution is -0.143. The third-order valence-electron chi connectivity index (χ3n) is 2.83. The molecule has 0 amide bonds. The molecule has 0 aliphatic heterocycles. The number of hydrogen-bond acceptors (Lipinski definition) is 3. The van der Waals surface area contributed by atoms with E-state index in [9.17, 15) is 9.59 Å². The van der Waals surface area contributed by atoms with Crippen LogP contribution in [0.25, 0.3) is 0 Å². The molecule has 0 radical (unpaired) electrons.